The van der Waals surface area contributed by atoms with Crippen molar-refractivity contribution < 1.29 is 28.7 Å². The molecule has 0 spiro atoms. The average molecular weight is 575 g/mol. The summed E-state index contributed by atoms with van der Waals surface area (Å²) in [7, 11) is 0. The van der Waals surface area contributed by atoms with Gasteiger partial charge in [-0.05, 0) is 56.2 Å². The zero-order valence-corrected chi connectivity index (χ0v) is 24.2. The zero-order chi connectivity index (χ0) is 30.4. The molecule has 4 atom stereocenters. The highest BCUT2D eigenvalue weighted by Crippen LogP contribution is 2.69. The van der Waals surface area contributed by atoms with Crippen molar-refractivity contribution in [2.75, 3.05) is 9.80 Å². The van der Waals surface area contributed by atoms with Crippen molar-refractivity contribution in [3.8, 4) is 5.75 Å². The minimum Gasteiger partial charge on any atom is -0.423 e. The Kier molecular flexibility index (Phi) is 5.86. The van der Waals surface area contributed by atoms with Crippen LogP contribution in [0.25, 0.3) is 0 Å². The van der Waals surface area contributed by atoms with Gasteiger partial charge in [-0.25, -0.2) is 14.6 Å². The lowest BCUT2D eigenvalue weighted by atomic mass is 9.43. The maximum atomic E-state index is 14.4. The molecule has 3 fully saturated rings. The molecule has 8 nitrogen and oxygen atoms in total. The minimum absolute atomic E-state index is 0.199. The number of para-hydroxylation sites is 3. The summed E-state index contributed by atoms with van der Waals surface area (Å²) in [5.74, 6) is -6.82. The number of carbonyl (C=O) groups excluding carboxylic acids is 5. The number of aryl methyl sites for hydroxylation is 2. The monoisotopic (exact) mass is 574 g/mol. The van der Waals surface area contributed by atoms with Gasteiger partial charge in [0.15, 0.2) is 0 Å². The number of nitrogens with zero attached hydrogens (tertiary/aromatic N) is 2. The molecule has 216 valence electrons. The molecule has 3 aliphatic carbocycles. The number of hydrogen-bond acceptors (Lipinski definition) is 6. The van der Waals surface area contributed by atoms with Crippen LogP contribution in [0.2, 0.25) is 0 Å². The Balaban J connectivity index is 1.42. The lowest BCUT2D eigenvalue weighted by Gasteiger charge is -2.55. The van der Waals surface area contributed by atoms with Crippen LogP contribution in [-0.2, 0) is 24.0 Å². The fourth-order valence-corrected chi connectivity index (χ4v) is 8.36. The Morgan fingerprint density at radius 2 is 1.07 bits per heavy atom. The van der Waals surface area contributed by atoms with Crippen LogP contribution >= 0.6 is 0 Å². The summed E-state index contributed by atoms with van der Waals surface area (Å²) < 4.78 is 5.81. The van der Waals surface area contributed by atoms with Gasteiger partial charge in [-0.15, -0.1) is 0 Å². The van der Waals surface area contributed by atoms with E-state index in [-0.39, 0.29) is 5.57 Å². The van der Waals surface area contributed by atoms with Crippen molar-refractivity contribution in [3.63, 3.8) is 0 Å². The number of rotatable bonds is 4. The molecule has 2 aliphatic heterocycles. The quantitative estimate of drug-likeness (QED) is 0.252. The van der Waals surface area contributed by atoms with Gasteiger partial charge in [-0.3, -0.25) is 19.2 Å². The van der Waals surface area contributed by atoms with Crippen molar-refractivity contribution in [1.29, 1.82) is 0 Å². The summed E-state index contributed by atoms with van der Waals surface area (Å²) in [5.41, 5.74) is 1.65. The van der Waals surface area contributed by atoms with Crippen LogP contribution in [0.1, 0.15) is 25.0 Å². The van der Waals surface area contributed by atoms with E-state index in [1.54, 1.807) is 68.4 Å². The van der Waals surface area contributed by atoms with Crippen LogP contribution in [-0.4, -0.2) is 29.6 Å². The molecule has 0 aromatic heterocycles. The van der Waals surface area contributed by atoms with Crippen LogP contribution in [0, 0.1) is 48.9 Å². The molecule has 8 heteroatoms. The molecule has 4 amide bonds. The molecule has 0 unspecified atom stereocenters. The number of ether oxygens (including phenoxy) is 1. The number of benzene rings is 3. The molecule has 8 rings (SSSR count). The second-order valence-electron chi connectivity index (χ2n) is 12.2. The molecular formula is C35H30N2O6. The summed E-state index contributed by atoms with van der Waals surface area (Å²) in [6.45, 7) is 7.07. The first kappa shape index (κ1) is 27.0. The highest BCUT2D eigenvalue weighted by Gasteiger charge is 2.77. The Morgan fingerprint density at radius 1 is 0.628 bits per heavy atom. The lowest BCUT2D eigenvalue weighted by molar-refractivity contribution is -0.152. The lowest BCUT2D eigenvalue weighted by Crippen LogP contribution is -2.61. The van der Waals surface area contributed by atoms with Gasteiger partial charge in [-0.1, -0.05) is 67.1 Å². The van der Waals surface area contributed by atoms with E-state index in [2.05, 4.69) is 0 Å². The molecule has 2 bridgehead atoms. The normalized spacial score (nSPS) is 29.3. The van der Waals surface area contributed by atoms with Gasteiger partial charge in [0, 0.05) is 16.9 Å². The molecule has 5 aliphatic rings. The van der Waals surface area contributed by atoms with E-state index in [0.717, 1.165) is 11.1 Å². The van der Waals surface area contributed by atoms with Crippen LogP contribution in [0.15, 0.2) is 90.0 Å². The van der Waals surface area contributed by atoms with E-state index in [0.29, 0.717) is 22.7 Å². The summed E-state index contributed by atoms with van der Waals surface area (Å²) in [4.78, 5) is 73.9. The maximum absolute atomic E-state index is 14.4. The Morgan fingerprint density at radius 3 is 1.53 bits per heavy atom. The highest BCUT2D eigenvalue weighted by atomic mass is 16.5. The van der Waals surface area contributed by atoms with Gasteiger partial charge in [0.25, 0.3) is 0 Å². The summed E-state index contributed by atoms with van der Waals surface area (Å²) >= 11 is 0. The third-order valence-corrected chi connectivity index (χ3v) is 10.1. The first-order valence-electron chi connectivity index (χ1n) is 14.4. The highest BCUT2D eigenvalue weighted by molar-refractivity contribution is 6.28. The summed E-state index contributed by atoms with van der Waals surface area (Å²) in [6, 6.07) is 22.8. The van der Waals surface area contributed by atoms with Crippen molar-refractivity contribution >= 4 is 41.0 Å². The first-order chi connectivity index (χ1) is 20.6. The van der Waals surface area contributed by atoms with Gasteiger partial charge in [-0.2, -0.15) is 0 Å². The van der Waals surface area contributed by atoms with Crippen molar-refractivity contribution in [3.05, 3.63) is 101 Å². The predicted octanol–water partition coefficient (Wildman–Crippen LogP) is 4.79. The Hall–Kier alpha value is -4.85. The summed E-state index contributed by atoms with van der Waals surface area (Å²) in [6.07, 6.45) is 0. The van der Waals surface area contributed by atoms with Gasteiger partial charge in [0.2, 0.25) is 23.6 Å². The molecule has 0 N–H and O–H groups in total. The SMILES string of the molecule is CC1=C(C(=O)Oc2ccccc2)C2(C)[C@@H]3C(=O)N(c4ccccc4C)C(=O)[C@@H]3C1[C@H]1C(=O)N(c3ccccc3C)C(=O)[C@H]12. The Labute approximate surface area is 248 Å². The third-order valence-electron chi connectivity index (χ3n) is 10.1. The Bertz CT molecular complexity index is 1700. The third kappa shape index (κ3) is 3.46. The number of esters is 1. The van der Waals surface area contributed by atoms with E-state index in [9.17, 15) is 24.0 Å². The largest absolute Gasteiger partial charge is 0.423 e. The molecule has 3 aromatic rings. The van der Waals surface area contributed by atoms with E-state index >= 15 is 0 Å². The number of imide groups is 2. The number of anilines is 2. The van der Waals surface area contributed by atoms with E-state index in [1.165, 1.54) is 9.80 Å². The molecule has 1 saturated carbocycles. The number of amides is 4. The molecular weight excluding hydrogens is 544 g/mol. The van der Waals surface area contributed by atoms with Crippen molar-refractivity contribution in [1.82, 2.24) is 0 Å². The van der Waals surface area contributed by atoms with Crippen LogP contribution in [0.3, 0.4) is 0 Å². The van der Waals surface area contributed by atoms with Crippen LogP contribution < -0.4 is 14.5 Å². The second kappa shape index (κ2) is 9.33. The van der Waals surface area contributed by atoms with Crippen LogP contribution in [0.5, 0.6) is 5.75 Å². The fourth-order valence-electron chi connectivity index (χ4n) is 8.36. The number of hydrogen-bond donors (Lipinski definition) is 0. The fraction of sp³-hybridized carbons (Fsp3) is 0.286. The summed E-state index contributed by atoms with van der Waals surface area (Å²) in [5, 5.41) is 0. The standard InChI is InChI=1S/C35H30N2O6/c1-18-12-8-10-16-22(18)36-30(38)25-24-20(3)27(34(42)43-21-14-6-5-7-15-21)35(4,28(25)32(36)40)29-26(24)31(39)37(33(29)41)23-17-11-9-13-19(23)2/h5-17,24-26,28-29H,1-4H3/t24?,25-,26-,28+,29+,35?/m1/s1. The van der Waals surface area contributed by atoms with Gasteiger partial charge in [0.05, 0.1) is 35.0 Å². The minimum atomic E-state index is -1.48. The topological polar surface area (TPSA) is 101 Å². The molecule has 0 radical (unpaired) electrons. The van der Waals surface area contributed by atoms with Crippen LogP contribution in [0.4, 0.5) is 11.4 Å². The molecule has 2 heterocycles. The predicted molar refractivity (Wildman–Crippen MR) is 158 cm³/mol. The molecule has 2 saturated heterocycles. The average Bonchev–Trinajstić information content (AvgIpc) is 3.40. The maximum Gasteiger partial charge on any atom is 0.339 e. The molecule has 3 aromatic carbocycles. The van der Waals surface area contributed by atoms with E-state index in [1.807, 2.05) is 38.1 Å². The van der Waals surface area contributed by atoms with Gasteiger partial charge >= 0.3 is 5.97 Å². The number of carbonyl (C=O) groups is 5. The first-order valence-corrected chi connectivity index (χ1v) is 14.4. The van der Waals surface area contributed by atoms with Gasteiger partial charge < -0.3 is 4.74 Å². The van der Waals surface area contributed by atoms with E-state index in [4.69, 9.17) is 4.74 Å². The smallest absolute Gasteiger partial charge is 0.339 e. The second-order valence-corrected chi connectivity index (χ2v) is 12.2. The van der Waals surface area contributed by atoms with Crippen molar-refractivity contribution in [2.45, 2.75) is 27.7 Å². The zero-order valence-electron chi connectivity index (χ0n) is 24.2. The van der Waals surface area contributed by atoms with Gasteiger partial charge in [0.1, 0.15) is 5.75 Å². The van der Waals surface area contributed by atoms with E-state index < -0.39 is 64.6 Å². The number of allylic oxidation sites excluding steroid dienone is 1. The molecule has 43 heavy (non-hydrogen) atoms. The van der Waals surface area contributed by atoms with Crippen molar-refractivity contribution in [2.24, 2.45) is 35.0 Å².